The van der Waals surface area contributed by atoms with E-state index in [1.165, 1.54) is 41.6 Å². The molecule has 0 fully saturated rings. The van der Waals surface area contributed by atoms with Gasteiger partial charge in [0.05, 0.1) is 11.3 Å². The number of hydrogen-bond acceptors (Lipinski definition) is 3. The van der Waals surface area contributed by atoms with E-state index in [0.29, 0.717) is 5.92 Å². The van der Waals surface area contributed by atoms with Gasteiger partial charge in [-0.1, -0.05) is 64.1 Å². The Bertz CT molecular complexity index is 909. The molecule has 1 aromatic heterocycles. The van der Waals surface area contributed by atoms with E-state index in [9.17, 15) is 4.79 Å². The Hall–Kier alpha value is -2.68. The molecule has 0 aliphatic carbocycles. The predicted molar refractivity (Wildman–Crippen MR) is 116 cm³/mol. The number of ketones is 1. The topological polar surface area (TPSA) is 50.2 Å². The van der Waals surface area contributed by atoms with Gasteiger partial charge in [-0.25, -0.2) is 0 Å². The SMILES string of the molecule is CC.CC(=O)/C=C(/C)O.CCC(C)c1cccc2ccc3cccnc3c12. The van der Waals surface area contributed by atoms with Crippen molar-refractivity contribution in [1.29, 1.82) is 0 Å². The summed E-state index contributed by atoms with van der Waals surface area (Å²) in [7, 11) is 0. The average Bonchev–Trinajstić information content (AvgIpc) is 2.67. The second-order valence-electron chi connectivity index (χ2n) is 6.29. The van der Waals surface area contributed by atoms with Crippen molar-refractivity contribution in [3.8, 4) is 0 Å². The number of rotatable bonds is 3. The van der Waals surface area contributed by atoms with Gasteiger partial charge in [-0.15, -0.1) is 0 Å². The number of hydrogen-bond donors (Lipinski definition) is 1. The molecule has 0 radical (unpaired) electrons. The number of carbonyl (C=O) groups excluding carboxylic acids is 1. The van der Waals surface area contributed by atoms with Gasteiger partial charge in [0.15, 0.2) is 5.78 Å². The van der Waals surface area contributed by atoms with Gasteiger partial charge in [0.25, 0.3) is 0 Å². The van der Waals surface area contributed by atoms with Crippen LogP contribution < -0.4 is 0 Å². The van der Waals surface area contributed by atoms with Gasteiger partial charge in [-0.05, 0) is 43.2 Å². The standard InChI is InChI=1S/C17H17N.C5H8O2.C2H6/c1-3-12(2)15-8-4-6-13-9-10-14-7-5-11-18-17(14)16(13)15;1-4(6)3-5(2)7;1-2/h4-12H,3H2,1-2H3;3,6H,1-2H3;1-2H3/b;4-3-;. The summed E-state index contributed by atoms with van der Waals surface area (Å²) in [5, 5.41) is 12.2. The van der Waals surface area contributed by atoms with E-state index >= 15 is 0 Å². The van der Waals surface area contributed by atoms with Gasteiger partial charge < -0.3 is 5.11 Å². The summed E-state index contributed by atoms with van der Waals surface area (Å²) < 4.78 is 0. The van der Waals surface area contributed by atoms with Crippen LogP contribution in [0.1, 0.15) is 59.4 Å². The normalized spacial score (nSPS) is 11.9. The molecule has 3 aromatic rings. The number of nitrogens with zero attached hydrogens (tertiary/aromatic N) is 1. The van der Waals surface area contributed by atoms with Crippen molar-refractivity contribution in [2.45, 2.75) is 53.9 Å². The van der Waals surface area contributed by atoms with E-state index in [1.807, 2.05) is 26.1 Å². The van der Waals surface area contributed by atoms with Gasteiger partial charge >= 0.3 is 0 Å². The molecule has 0 aliphatic rings. The molecule has 27 heavy (non-hydrogen) atoms. The highest BCUT2D eigenvalue weighted by Crippen LogP contribution is 2.32. The fourth-order valence-electron chi connectivity index (χ4n) is 2.87. The summed E-state index contributed by atoms with van der Waals surface area (Å²) in [6, 6.07) is 15.1. The van der Waals surface area contributed by atoms with Crippen LogP contribution >= 0.6 is 0 Å². The Balaban J connectivity index is 0.000000346. The molecule has 1 N–H and O–H groups in total. The maximum atomic E-state index is 10.0. The molecule has 3 nitrogen and oxygen atoms in total. The molecule has 1 unspecified atom stereocenters. The number of pyridine rings is 1. The quantitative estimate of drug-likeness (QED) is 0.310. The van der Waals surface area contributed by atoms with Crippen LogP contribution in [0.5, 0.6) is 0 Å². The van der Waals surface area contributed by atoms with Crippen LogP contribution in [0, 0.1) is 0 Å². The number of aliphatic hydroxyl groups is 1. The molecule has 1 atom stereocenters. The van der Waals surface area contributed by atoms with E-state index in [4.69, 9.17) is 5.11 Å². The Morgan fingerprint density at radius 1 is 1.07 bits per heavy atom. The number of fused-ring (bicyclic) bond motifs is 3. The van der Waals surface area contributed by atoms with Gasteiger partial charge in [-0.3, -0.25) is 9.78 Å². The fourth-order valence-corrected chi connectivity index (χ4v) is 2.87. The highest BCUT2D eigenvalue weighted by molar-refractivity contribution is 6.07. The van der Waals surface area contributed by atoms with E-state index < -0.39 is 0 Å². The highest BCUT2D eigenvalue weighted by atomic mass is 16.3. The zero-order chi connectivity index (χ0) is 20.4. The smallest absolute Gasteiger partial charge is 0.155 e. The maximum absolute atomic E-state index is 10.0. The first-order valence-electron chi connectivity index (χ1n) is 9.58. The average molecular weight is 366 g/mol. The first-order chi connectivity index (χ1) is 12.9. The van der Waals surface area contributed by atoms with Crippen molar-refractivity contribution >= 4 is 27.5 Å². The minimum absolute atomic E-state index is 0.0625. The van der Waals surface area contributed by atoms with E-state index in [-0.39, 0.29) is 11.5 Å². The molecule has 0 spiro atoms. The summed E-state index contributed by atoms with van der Waals surface area (Å²) in [6.45, 7) is 11.4. The molecule has 0 bridgehead atoms. The number of benzene rings is 2. The lowest BCUT2D eigenvalue weighted by Gasteiger charge is -2.14. The minimum atomic E-state index is -0.125. The third-order valence-electron chi connectivity index (χ3n) is 4.20. The molecule has 2 aromatic carbocycles. The molecule has 3 rings (SSSR count). The zero-order valence-corrected chi connectivity index (χ0v) is 17.3. The van der Waals surface area contributed by atoms with E-state index in [1.54, 1.807) is 0 Å². The number of allylic oxidation sites excluding steroid dienone is 2. The molecule has 144 valence electrons. The second-order valence-corrected chi connectivity index (χ2v) is 6.29. The highest BCUT2D eigenvalue weighted by Gasteiger charge is 2.10. The van der Waals surface area contributed by atoms with Crippen LogP contribution in [0.4, 0.5) is 0 Å². The minimum Gasteiger partial charge on any atom is -0.512 e. The summed E-state index contributed by atoms with van der Waals surface area (Å²) in [5.74, 6) is 0.508. The van der Waals surface area contributed by atoms with Crippen LogP contribution in [0.25, 0.3) is 21.7 Å². The molecule has 0 aliphatic heterocycles. The van der Waals surface area contributed by atoms with Crippen LogP contribution in [0.3, 0.4) is 0 Å². The summed E-state index contributed by atoms with van der Waals surface area (Å²) >= 11 is 0. The number of aromatic nitrogens is 1. The summed E-state index contributed by atoms with van der Waals surface area (Å²) in [4.78, 5) is 14.6. The molecule has 0 amide bonds. The Morgan fingerprint density at radius 2 is 1.70 bits per heavy atom. The maximum Gasteiger partial charge on any atom is 0.155 e. The lowest BCUT2D eigenvalue weighted by molar-refractivity contribution is -0.112. The molecule has 0 saturated heterocycles. The van der Waals surface area contributed by atoms with Gasteiger partial charge in [0, 0.05) is 23.0 Å². The number of aliphatic hydroxyl groups excluding tert-OH is 1. The Morgan fingerprint density at radius 3 is 2.26 bits per heavy atom. The largest absolute Gasteiger partial charge is 0.512 e. The van der Waals surface area contributed by atoms with Crippen molar-refractivity contribution in [3.05, 3.63) is 66.1 Å². The zero-order valence-electron chi connectivity index (χ0n) is 17.3. The van der Waals surface area contributed by atoms with Crippen LogP contribution in [0.15, 0.2) is 60.5 Å². The molecule has 3 heteroatoms. The van der Waals surface area contributed by atoms with Crippen molar-refractivity contribution in [3.63, 3.8) is 0 Å². The van der Waals surface area contributed by atoms with Crippen molar-refractivity contribution < 1.29 is 9.90 Å². The van der Waals surface area contributed by atoms with Crippen molar-refractivity contribution in [2.75, 3.05) is 0 Å². The molecule has 0 saturated carbocycles. The van der Waals surface area contributed by atoms with Crippen LogP contribution in [-0.4, -0.2) is 15.9 Å². The van der Waals surface area contributed by atoms with Crippen molar-refractivity contribution in [2.24, 2.45) is 0 Å². The van der Waals surface area contributed by atoms with Gasteiger partial charge in [-0.2, -0.15) is 0 Å². The monoisotopic (exact) mass is 365 g/mol. The Labute approximate surface area is 162 Å². The lowest BCUT2D eigenvalue weighted by atomic mass is 9.91. The number of carbonyl (C=O) groups is 1. The molecular formula is C24H31NO2. The van der Waals surface area contributed by atoms with Gasteiger partial charge in [0.2, 0.25) is 0 Å². The Kier molecular flexibility index (Phi) is 9.21. The lowest BCUT2D eigenvalue weighted by Crippen LogP contribution is -1.94. The van der Waals surface area contributed by atoms with Gasteiger partial charge in [0.1, 0.15) is 0 Å². The molecular weight excluding hydrogens is 334 g/mol. The van der Waals surface area contributed by atoms with Crippen molar-refractivity contribution in [1.82, 2.24) is 4.98 Å². The third-order valence-corrected chi connectivity index (χ3v) is 4.20. The fraction of sp³-hybridized carbons (Fsp3) is 0.333. The predicted octanol–water partition coefficient (Wildman–Crippen LogP) is 6.96. The van der Waals surface area contributed by atoms with Crippen LogP contribution in [0.2, 0.25) is 0 Å². The third kappa shape index (κ3) is 6.21. The van der Waals surface area contributed by atoms with Crippen LogP contribution in [-0.2, 0) is 4.79 Å². The second kappa shape index (κ2) is 11.1. The first kappa shape index (κ1) is 22.4. The first-order valence-corrected chi connectivity index (χ1v) is 9.58. The summed E-state index contributed by atoms with van der Waals surface area (Å²) in [6.07, 6.45) is 4.21. The molecule has 1 heterocycles. The van der Waals surface area contributed by atoms with E-state index in [2.05, 4.69) is 55.2 Å². The van der Waals surface area contributed by atoms with E-state index in [0.717, 1.165) is 11.9 Å². The summed E-state index contributed by atoms with van der Waals surface area (Å²) in [5.41, 5.74) is 2.55.